The van der Waals surface area contributed by atoms with Crippen LogP contribution in [0.1, 0.15) is 4.88 Å². The van der Waals surface area contributed by atoms with Gasteiger partial charge in [0, 0.05) is 21.8 Å². The van der Waals surface area contributed by atoms with Gasteiger partial charge >= 0.3 is 12.4 Å². The van der Waals surface area contributed by atoms with E-state index in [0.29, 0.717) is 9.35 Å². The summed E-state index contributed by atoms with van der Waals surface area (Å²) in [6.07, 6.45) is -11.3. The molecular formula is C9H9BrF6N2S. The Labute approximate surface area is 117 Å². The first-order valence-electron chi connectivity index (χ1n) is 4.88. The van der Waals surface area contributed by atoms with Crippen molar-refractivity contribution in [3.05, 3.63) is 20.8 Å². The fourth-order valence-electron chi connectivity index (χ4n) is 1.59. The largest absolute Gasteiger partial charge is 0.402 e. The second-order valence-corrected chi connectivity index (χ2v) is 5.58. The zero-order valence-electron chi connectivity index (χ0n) is 9.15. The van der Waals surface area contributed by atoms with Crippen molar-refractivity contribution in [3.63, 3.8) is 0 Å². The third kappa shape index (κ3) is 4.33. The molecule has 0 aliphatic heterocycles. The molecule has 0 aliphatic rings. The van der Waals surface area contributed by atoms with Crippen molar-refractivity contribution in [1.29, 1.82) is 0 Å². The van der Waals surface area contributed by atoms with Crippen LogP contribution in [0.4, 0.5) is 26.3 Å². The fraction of sp³-hybridized carbons (Fsp3) is 0.556. The van der Waals surface area contributed by atoms with Crippen molar-refractivity contribution in [3.8, 4) is 0 Å². The summed E-state index contributed by atoms with van der Waals surface area (Å²) in [5.41, 5.74) is 1.63. The van der Waals surface area contributed by atoms with Gasteiger partial charge in [0.25, 0.3) is 0 Å². The summed E-state index contributed by atoms with van der Waals surface area (Å²) in [5, 5.41) is 1.56. The summed E-state index contributed by atoms with van der Waals surface area (Å²) in [6, 6.07) is -0.432. The van der Waals surface area contributed by atoms with Gasteiger partial charge in [0.1, 0.15) is 0 Å². The lowest BCUT2D eigenvalue weighted by Crippen LogP contribution is -2.54. The first-order valence-corrected chi connectivity index (χ1v) is 6.56. The van der Waals surface area contributed by atoms with Crippen LogP contribution in [0.5, 0.6) is 0 Å². The van der Waals surface area contributed by atoms with Crippen molar-refractivity contribution < 1.29 is 26.3 Å². The summed E-state index contributed by atoms with van der Waals surface area (Å²) in [5.74, 6) is 1.36. The van der Waals surface area contributed by atoms with Gasteiger partial charge in [-0.15, -0.1) is 11.3 Å². The first kappa shape index (κ1) is 16.7. The number of hydrogen-bond acceptors (Lipinski definition) is 3. The van der Waals surface area contributed by atoms with Crippen molar-refractivity contribution in [2.45, 2.75) is 24.8 Å². The van der Waals surface area contributed by atoms with E-state index in [1.165, 1.54) is 0 Å². The molecule has 0 bridgehead atoms. The van der Waals surface area contributed by atoms with Gasteiger partial charge in [-0.05, 0) is 27.4 Å². The zero-order valence-corrected chi connectivity index (χ0v) is 11.6. The molecule has 10 heteroatoms. The quantitative estimate of drug-likeness (QED) is 0.482. The normalized spacial score (nSPS) is 15.0. The zero-order chi connectivity index (χ0) is 14.8. The molecule has 1 rings (SSSR count). The van der Waals surface area contributed by atoms with Gasteiger partial charge in [-0.2, -0.15) is 26.3 Å². The monoisotopic (exact) mass is 370 g/mol. The predicted molar refractivity (Wildman–Crippen MR) is 62.4 cm³/mol. The van der Waals surface area contributed by atoms with E-state index in [1.807, 2.05) is 0 Å². The topological polar surface area (TPSA) is 38.0 Å². The highest BCUT2D eigenvalue weighted by Crippen LogP contribution is 2.42. The molecule has 2 nitrogen and oxygen atoms in total. The summed E-state index contributed by atoms with van der Waals surface area (Å²) < 4.78 is 75.8. The minimum atomic E-state index is -5.42. The van der Waals surface area contributed by atoms with E-state index in [4.69, 9.17) is 5.84 Å². The van der Waals surface area contributed by atoms with Gasteiger partial charge in [0.15, 0.2) is 5.92 Å². The molecule has 1 heterocycles. The number of rotatable bonds is 4. The van der Waals surface area contributed by atoms with Gasteiger partial charge in [-0.1, -0.05) is 0 Å². The summed E-state index contributed by atoms with van der Waals surface area (Å²) >= 11 is 4.11. The number of hydrogen-bond donors (Lipinski definition) is 2. The van der Waals surface area contributed by atoms with E-state index in [9.17, 15) is 26.3 Å². The number of halogens is 7. The molecule has 3 N–H and O–H groups in total. The molecule has 1 aromatic rings. The van der Waals surface area contributed by atoms with E-state index < -0.39 is 30.7 Å². The summed E-state index contributed by atoms with van der Waals surface area (Å²) in [6.45, 7) is 0. The molecule has 0 spiro atoms. The van der Waals surface area contributed by atoms with Gasteiger partial charge in [0.2, 0.25) is 0 Å². The van der Waals surface area contributed by atoms with Crippen LogP contribution in [0.3, 0.4) is 0 Å². The van der Waals surface area contributed by atoms with Crippen molar-refractivity contribution in [1.82, 2.24) is 5.43 Å². The summed E-state index contributed by atoms with van der Waals surface area (Å²) in [7, 11) is 0. The number of alkyl halides is 6. The van der Waals surface area contributed by atoms with Crippen LogP contribution in [0, 0.1) is 5.92 Å². The second-order valence-electron chi connectivity index (χ2n) is 3.73. The Morgan fingerprint density at radius 2 is 1.74 bits per heavy atom. The molecule has 0 aliphatic carbocycles. The van der Waals surface area contributed by atoms with Crippen LogP contribution in [0.15, 0.2) is 15.9 Å². The van der Waals surface area contributed by atoms with Gasteiger partial charge < -0.3 is 0 Å². The van der Waals surface area contributed by atoms with E-state index in [0.717, 1.165) is 11.3 Å². The van der Waals surface area contributed by atoms with Crippen molar-refractivity contribution in [2.24, 2.45) is 11.8 Å². The molecule has 1 aromatic heterocycles. The highest BCUT2D eigenvalue weighted by Gasteiger charge is 2.60. The summed E-state index contributed by atoms with van der Waals surface area (Å²) in [4.78, 5) is 0.362. The number of nitrogens with one attached hydrogen (secondary N) is 1. The van der Waals surface area contributed by atoms with Crippen LogP contribution < -0.4 is 11.3 Å². The lowest BCUT2D eigenvalue weighted by molar-refractivity contribution is -0.291. The maximum absolute atomic E-state index is 12.6. The Bertz CT molecular complexity index is 402. The minimum Gasteiger partial charge on any atom is -0.271 e. The molecule has 0 saturated heterocycles. The average molecular weight is 371 g/mol. The third-order valence-electron chi connectivity index (χ3n) is 2.42. The Kier molecular flexibility index (Phi) is 5.27. The Hall–Kier alpha value is -0.320. The van der Waals surface area contributed by atoms with E-state index in [-0.39, 0.29) is 0 Å². The molecule has 0 amide bonds. The Morgan fingerprint density at radius 1 is 1.21 bits per heavy atom. The van der Waals surface area contributed by atoms with Crippen LogP contribution >= 0.6 is 27.3 Å². The number of thiophene rings is 1. The van der Waals surface area contributed by atoms with Crippen LogP contribution in [-0.2, 0) is 6.42 Å². The number of nitrogens with two attached hydrogens (primary N) is 1. The highest BCUT2D eigenvalue weighted by molar-refractivity contribution is 9.10. The maximum Gasteiger partial charge on any atom is 0.402 e. The maximum atomic E-state index is 12.6. The van der Waals surface area contributed by atoms with Crippen molar-refractivity contribution >= 4 is 27.3 Å². The van der Waals surface area contributed by atoms with E-state index >= 15 is 0 Å². The van der Waals surface area contributed by atoms with Gasteiger partial charge in [-0.3, -0.25) is 11.3 Å². The molecular weight excluding hydrogens is 362 g/mol. The minimum absolute atomic E-state index is 0.362. The Balaban J connectivity index is 3.01. The molecule has 0 saturated carbocycles. The lowest BCUT2D eigenvalue weighted by Gasteiger charge is -2.30. The van der Waals surface area contributed by atoms with Crippen LogP contribution in [0.25, 0.3) is 0 Å². The molecule has 1 atom stereocenters. The third-order valence-corrected chi connectivity index (χ3v) is 4.37. The van der Waals surface area contributed by atoms with Crippen LogP contribution in [0.2, 0.25) is 0 Å². The van der Waals surface area contributed by atoms with E-state index in [2.05, 4.69) is 15.9 Å². The fourth-order valence-corrected chi connectivity index (χ4v) is 3.16. The van der Waals surface area contributed by atoms with Gasteiger partial charge in [-0.25, -0.2) is 0 Å². The highest BCUT2D eigenvalue weighted by atomic mass is 79.9. The molecule has 0 aromatic carbocycles. The lowest BCUT2D eigenvalue weighted by atomic mass is 9.95. The first-order chi connectivity index (χ1) is 8.57. The SMILES string of the molecule is NNC(Cc1sccc1Br)C(C(F)(F)F)C(F)(F)F. The van der Waals surface area contributed by atoms with Gasteiger partial charge in [0.05, 0.1) is 0 Å². The standard InChI is InChI=1S/C9H9BrF6N2S/c10-4-1-2-19-6(4)3-5(18-17)7(8(11,12)13)9(14,15)16/h1-2,5,7,18H,3,17H2. The van der Waals surface area contributed by atoms with Crippen molar-refractivity contribution in [2.75, 3.05) is 0 Å². The second kappa shape index (κ2) is 5.98. The molecule has 110 valence electrons. The molecule has 0 radical (unpaired) electrons. The molecule has 0 fully saturated rings. The Morgan fingerprint density at radius 3 is 2.05 bits per heavy atom. The van der Waals surface area contributed by atoms with Crippen LogP contribution in [-0.4, -0.2) is 18.4 Å². The molecule has 1 unspecified atom stereocenters. The average Bonchev–Trinajstić information content (AvgIpc) is 2.59. The predicted octanol–water partition coefficient (Wildman–Crippen LogP) is 3.63. The van der Waals surface area contributed by atoms with E-state index in [1.54, 1.807) is 16.9 Å². The molecule has 19 heavy (non-hydrogen) atoms. The smallest absolute Gasteiger partial charge is 0.271 e. The number of hydrazine groups is 1.